The van der Waals surface area contributed by atoms with E-state index in [-0.39, 0.29) is 16.9 Å². The van der Waals surface area contributed by atoms with Crippen LogP contribution in [0.2, 0.25) is 5.02 Å². The number of nitro benzene ring substituents is 1. The molecule has 0 aliphatic carbocycles. The van der Waals surface area contributed by atoms with Gasteiger partial charge in [0.05, 0.1) is 11.1 Å². The molecular weight excluding hydrogens is 392 g/mol. The van der Waals surface area contributed by atoms with Crippen LogP contribution in [0, 0.1) is 17.0 Å². The van der Waals surface area contributed by atoms with Gasteiger partial charge in [-0.05, 0) is 48.4 Å². The Balaban J connectivity index is 1.78. The minimum absolute atomic E-state index is 0.173. The van der Waals surface area contributed by atoms with Crippen LogP contribution in [0.15, 0.2) is 71.8 Å². The fourth-order valence-electron chi connectivity index (χ4n) is 2.55. The Hall–Kier alpha value is -3.71. The topological polar surface area (TPSA) is 96.6 Å². The molecular formula is C21H17ClN4O3. The molecule has 3 aromatic rings. The monoisotopic (exact) mass is 408 g/mol. The second kappa shape index (κ2) is 8.99. The Morgan fingerprint density at radius 3 is 2.48 bits per heavy atom. The number of benzene rings is 3. The van der Waals surface area contributed by atoms with Crippen LogP contribution >= 0.6 is 11.6 Å². The molecule has 7 nitrogen and oxygen atoms in total. The predicted molar refractivity (Wildman–Crippen MR) is 115 cm³/mol. The van der Waals surface area contributed by atoms with Crippen molar-refractivity contribution in [1.82, 2.24) is 0 Å². The van der Waals surface area contributed by atoms with Crippen LogP contribution in [0.3, 0.4) is 0 Å². The van der Waals surface area contributed by atoms with Crippen molar-refractivity contribution in [3.8, 4) is 0 Å². The highest BCUT2D eigenvalue weighted by molar-refractivity contribution is 6.30. The maximum absolute atomic E-state index is 12.5. The molecule has 0 aliphatic heterocycles. The summed E-state index contributed by atoms with van der Waals surface area (Å²) in [6.45, 7) is 1.86. The van der Waals surface area contributed by atoms with Crippen molar-refractivity contribution in [2.45, 2.75) is 6.92 Å². The van der Waals surface area contributed by atoms with E-state index >= 15 is 0 Å². The summed E-state index contributed by atoms with van der Waals surface area (Å²) >= 11 is 5.83. The van der Waals surface area contributed by atoms with Gasteiger partial charge in [-0.3, -0.25) is 20.3 Å². The molecule has 1 amide bonds. The lowest BCUT2D eigenvalue weighted by atomic mass is 10.1. The highest BCUT2D eigenvalue weighted by Crippen LogP contribution is 2.26. The molecule has 2 N–H and O–H groups in total. The Bertz CT molecular complexity index is 1080. The smallest absolute Gasteiger partial charge is 0.294 e. The van der Waals surface area contributed by atoms with Gasteiger partial charge in [0.1, 0.15) is 5.69 Å². The van der Waals surface area contributed by atoms with Gasteiger partial charge in [-0.15, -0.1) is 0 Å². The number of hydrazone groups is 1. The first-order chi connectivity index (χ1) is 13.9. The van der Waals surface area contributed by atoms with E-state index < -0.39 is 10.8 Å². The van der Waals surface area contributed by atoms with Crippen LogP contribution in [0.1, 0.15) is 21.5 Å². The van der Waals surface area contributed by atoms with Crippen LogP contribution in [0.25, 0.3) is 0 Å². The zero-order valence-electron chi connectivity index (χ0n) is 15.4. The Kier molecular flexibility index (Phi) is 6.21. The van der Waals surface area contributed by atoms with Crippen molar-refractivity contribution < 1.29 is 9.72 Å². The molecule has 3 aromatic carbocycles. The van der Waals surface area contributed by atoms with E-state index in [9.17, 15) is 14.9 Å². The summed E-state index contributed by atoms with van der Waals surface area (Å²) in [6, 6.07) is 18.4. The summed E-state index contributed by atoms with van der Waals surface area (Å²) in [5, 5.41) is 18.8. The van der Waals surface area contributed by atoms with Crippen LogP contribution < -0.4 is 10.7 Å². The summed E-state index contributed by atoms with van der Waals surface area (Å²) in [5.74, 6) is -0.432. The van der Waals surface area contributed by atoms with Gasteiger partial charge in [0.25, 0.3) is 11.6 Å². The molecule has 0 unspecified atom stereocenters. The van der Waals surface area contributed by atoms with E-state index in [1.54, 1.807) is 36.4 Å². The summed E-state index contributed by atoms with van der Waals surface area (Å²) < 4.78 is 0. The lowest BCUT2D eigenvalue weighted by Crippen LogP contribution is -2.13. The number of nitrogens with zero attached hydrogens (tertiary/aromatic N) is 2. The number of carbonyl (C=O) groups is 1. The number of nitrogens with one attached hydrogen (secondary N) is 2. The quantitative estimate of drug-likeness (QED) is 0.330. The highest BCUT2D eigenvalue weighted by Gasteiger charge is 2.18. The molecule has 0 saturated carbocycles. The van der Waals surface area contributed by atoms with E-state index in [1.165, 1.54) is 24.4 Å². The van der Waals surface area contributed by atoms with Crippen molar-refractivity contribution in [3.63, 3.8) is 0 Å². The van der Waals surface area contributed by atoms with Gasteiger partial charge >= 0.3 is 0 Å². The number of carbonyl (C=O) groups excluding carboxylic acids is 1. The second-order valence-electron chi connectivity index (χ2n) is 6.18. The number of aryl methyl sites for hydroxylation is 1. The van der Waals surface area contributed by atoms with E-state index in [0.29, 0.717) is 10.7 Å². The molecule has 0 radical (unpaired) electrons. The minimum atomic E-state index is -0.565. The van der Waals surface area contributed by atoms with Gasteiger partial charge in [-0.25, -0.2) is 0 Å². The summed E-state index contributed by atoms with van der Waals surface area (Å²) in [5.41, 5.74) is 5.06. The number of nitro groups is 1. The number of hydrogen-bond donors (Lipinski definition) is 2. The van der Waals surface area contributed by atoms with Gasteiger partial charge in [-0.2, -0.15) is 5.10 Å². The zero-order chi connectivity index (χ0) is 20.8. The summed E-state index contributed by atoms with van der Waals surface area (Å²) in [7, 11) is 0. The van der Waals surface area contributed by atoms with Crippen LogP contribution in [-0.4, -0.2) is 17.0 Å². The zero-order valence-corrected chi connectivity index (χ0v) is 16.2. The number of anilines is 2. The largest absolute Gasteiger partial charge is 0.322 e. The fourth-order valence-corrected chi connectivity index (χ4v) is 2.68. The number of para-hydroxylation sites is 1. The van der Waals surface area contributed by atoms with Gasteiger partial charge in [0.15, 0.2) is 0 Å². The summed E-state index contributed by atoms with van der Waals surface area (Å²) in [4.78, 5) is 23.4. The molecule has 0 aromatic heterocycles. The molecule has 0 aliphatic rings. The maximum atomic E-state index is 12.5. The van der Waals surface area contributed by atoms with E-state index in [0.717, 1.165) is 11.1 Å². The number of hydrogen-bond acceptors (Lipinski definition) is 5. The molecule has 29 heavy (non-hydrogen) atoms. The first-order valence-corrected chi connectivity index (χ1v) is 9.02. The normalized spacial score (nSPS) is 10.7. The SMILES string of the molecule is Cc1ccccc1NC(=O)c1ccc(N/N=C\c2ccc(Cl)cc2)c([N+](=O)[O-])c1. The number of halogens is 1. The van der Waals surface area contributed by atoms with Crippen molar-refractivity contribution in [2.75, 3.05) is 10.7 Å². The average molecular weight is 409 g/mol. The highest BCUT2D eigenvalue weighted by atomic mass is 35.5. The average Bonchev–Trinajstić information content (AvgIpc) is 2.71. The van der Waals surface area contributed by atoms with Crippen molar-refractivity contribution in [3.05, 3.63) is 98.6 Å². The third-order valence-electron chi connectivity index (χ3n) is 4.12. The Morgan fingerprint density at radius 1 is 1.07 bits per heavy atom. The predicted octanol–water partition coefficient (Wildman–Crippen LogP) is 5.25. The van der Waals surface area contributed by atoms with Crippen molar-refractivity contribution in [1.29, 1.82) is 0 Å². The molecule has 0 fully saturated rings. The molecule has 0 heterocycles. The van der Waals surface area contributed by atoms with Crippen molar-refractivity contribution >= 4 is 40.8 Å². The minimum Gasteiger partial charge on any atom is -0.322 e. The lowest BCUT2D eigenvalue weighted by Gasteiger charge is -2.09. The molecule has 0 spiro atoms. The molecule has 0 saturated heterocycles. The Labute approximate surface area is 172 Å². The number of amides is 1. The molecule has 3 rings (SSSR count). The first kappa shape index (κ1) is 20.0. The molecule has 0 bridgehead atoms. The van der Waals surface area contributed by atoms with Crippen molar-refractivity contribution in [2.24, 2.45) is 5.10 Å². The van der Waals surface area contributed by atoms with E-state index in [1.807, 2.05) is 19.1 Å². The van der Waals surface area contributed by atoms with Crippen LogP contribution in [-0.2, 0) is 0 Å². The molecule has 8 heteroatoms. The van der Waals surface area contributed by atoms with Gasteiger partial charge in [-0.1, -0.05) is 41.9 Å². The Morgan fingerprint density at radius 2 is 1.79 bits per heavy atom. The van der Waals surface area contributed by atoms with Gasteiger partial charge in [0.2, 0.25) is 0 Å². The number of rotatable bonds is 6. The third-order valence-corrected chi connectivity index (χ3v) is 4.37. The molecule has 146 valence electrons. The maximum Gasteiger partial charge on any atom is 0.294 e. The summed E-state index contributed by atoms with van der Waals surface area (Å²) in [6.07, 6.45) is 1.51. The van der Waals surface area contributed by atoms with Gasteiger partial charge in [0, 0.05) is 22.3 Å². The second-order valence-corrected chi connectivity index (χ2v) is 6.62. The van der Waals surface area contributed by atoms with E-state index in [2.05, 4.69) is 15.8 Å². The van der Waals surface area contributed by atoms with E-state index in [4.69, 9.17) is 11.6 Å². The third kappa shape index (κ3) is 5.18. The lowest BCUT2D eigenvalue weighted by molar-refractivity contribution is -0.384. The first-order valence-electron chi connectivity index (χ1n) is 8.64. The molecule has 0 atom stereocenters. The van der Waals surface area contributed by atoms with Gasteiger partial charge < -0.3 is 5.32 Å². The van der Waals surface area contributed by atoms with Crippen LogP contribution in [0.4, 0.5) is 17.1 Å². The fraction of sp³-hybridized carbons (Fsp3) is 0.0476. The van der Waals surface area contributed by atoms with Crippen LogP contribution in [0.5, 0.6) is 0 Å². The standard InChI is InChI=1S/C21H17ClN4O3/c1-14-4-2-3-5-18(14)24-21(27)16-8-11-19(20(12-16)26(28)29)25-23-13-15-6-9-17(22)10-7-15/h2-13,25H,1H3,(H,24,27)/b23-13-.